The second-order valence-corrected chi connectivity index (χ2v) is 7.79. The number of anilines is 2. The maximum absolute atomic E-state index is 13.6. The first-order valence-corrected chi connectivity index (χ1v) is 10.1. The molecular formula is C23H24FN5O. The van der Waals surface area contributed by atoms with E-state index in [1.54, 1.807) is 24.5 Å². The molecule has 0 aliphatic carbocycles. The van der Waals surface area contributed by atoms with Crippen molar-refractivity contribution in [2.24, 2.45) is 5.92 Å². The molecule has 0 bridgehead atoms. The SMILES string of the molecule is CC(C)C(=O)N1CCC(c2nc(Nc3cccc(F)c3)cc(-c3ccncc3)n2)C1. The van der Waals surface area contributed by atoms with Crippen molar-refractivity contribution in [3.8, 4) is 11.3 Å². The number of hydrogen-bond acceptors (Lipinski definition) is 5. The van der Waals surface area contributed by atoms with Crippen LogP contribution in [0.25, 0.3) is 11.3 Å². The molecule has 1 N–H and O–H groups in total. The number of carbonyl (C=O) groups excluding carboxylic acids is 1. The van der Waals surface area contributed by atoms with E-state index in [2.05, 4.69) is 10.3 Å². The van der Waals surface area contributed by atoms with E-state index in [0.29, 0.717) is 30.4 Å². The number of likely N-dealkylation sites (tertiary alicyclic amines) is 1. The molecule has 154 valence electrons. The van der Waals surface area contributed by atoms with Crippen LogP contribution in [0.5, 0.6) is 0 Å². The molecule has 1 saturated heterocycles. The Bertz CT molecular complexity index is 1040. The minimum Gasteiger partial charge on any atom is -0.342 e. The highest BCUT2D eigenvalue weighted by atomic mass is 19.1. The Morgan fingerprint density at radius 3 is 2.70 bits per heavy atom. The molecular weight excluding hydrogens is 381 g/mol. The second kappa shape index (κ2) is 8.57. The van der Waals surface area contributed by atoms with Crippen molar-refractivity contribution < 1.29 is 9.18 Å². The Hall–Kier alpha value is -3.35. The highest BCUT2D eigenvalue weighted by Crippen LogP contribution is 2.30. The van der Waals surface area contributed by atoms with Crippen molar-refractivity contribution in [2.45, 2.75) is 26.2 Å². The van der Waals surface area contributed by atoms with Gasteiger partial charge in [-0.25, -0.2) is 14.4 Å². The molecule has 4 rings (SSSR count). The van der Waals surface area contributed by atoms with Crippen LogP contribution in [0.3, 0.4) is 0 Å². The molecule has 1 aliphatic rings. The Morgan fingerprint density at radius 1 is 1.17 bits per heavy atom. The Morgan fingerprint density at radius 2 is 1.97 bits per heavy atom. The molecule has 3 heterocycles. The summed E-state index contributed by atoms with van der Waals surface area (Å²) in [4.78, 5) is 27.8. The van der Waals surface area contributed by atoms with Crippen molar-refractivity contribution in [3.63, 3.8) is 0 Å². The first-order valence-electron chi connectivity index (χ1n) is 10.1. The molecule has 0 radical (unpaired) electrons. The number of pyridine rings is 1. The number of aromatic nitrogens is 3. The Kier molecular flexibility index (Phi) is 5.70. The van der Waals surface area contributed by atoms with Gasteiger partial charge < -0.3 is 10.2 Å². The van der Waals surface area contributed by atoms with E-state index in [4.69, 9.17) is 9.97 Å². The fourth-order valence-electron chi connectivity index (χ4n) is 3.63. The number of amides is 1. The van der Waals surface area contributed by atoms with Crippen LogP contribution in [-0.4, -0.2) is 38.8 Å². The van der Waals surface area contributed by atoms with Crippen LogP contribution in [0, 0.1) is 11.7 Å². The van der Waals surface area contributed by atoms with Crippen molar-refractivity contribution in [2.75, 3.05) is 18.4 Å². The number of rotatable bonds is 5. The van der Waals surface area contributed by atoms with E-state index in [1.165, 1.54) is 12.1 Å². The van der Waals surface area contributed by atoms with Crippen LogP contribution in [-0.2, 0) is 4.79 Å². The summed E-state index contributed by atoms with van der Waals surface area (Å²) >= 11 is 0. The van der Waals surface area contributed by atoms with Crippen molar-refractivity contribution in [3.05, 3.63) is 66.5 Å². The zero-order chi connectivity index (χ0) is 21.1. The van der Waals surface area contributed by atoms with Crippen LogP contribution in [0.1, 0.15) is 32.0 Å². The van der Waals surface area contributed by atoms with E-state index < -0.39 is 0 Å². The molecule has 0 saturated carbocycles. The van der Waals surface area contributed by atoms with Gasteiger partial charge in [-0.15, -0.1) is 0 Å². The lowest BCUT2D eigenvalue weighted by Crippen LogP contribution is -2.32. The van der Waals surface area contributed by atoms with Gasteiger partial charge in [0.15, 0.2) is 0 Å². The van der Waals surface area contributed by atoms with Crippen LogP contribution >= 0.6 is 0 Å². The number of benzene rings is 1. The molecule has 3 aromatic rings. The van der Waals surface area contributed by atoms with Gasteiger partial charge in [-0.05, 0) is 36.8 Å². The third-order valence-corrected chi connectivity index (χ3v) is 5.18. The summed E-state index contributed by atoms with van der Waals surface area (Å²) in [5, 5.41) is 3.18. The second-order valence-electron chi connectivity index (χ2n) is 7.79. The van der Waals surface area contributed by atoms with E-state index >= 15 is 0 Å². The summed E-state index contributed by atoms with van der Waals surface area (Å²) in [6, 6.07) is 11.9. The van der Waals surface area contributed by atoms with Crippen molar-refractivity contribution in [1.29, 1.82) is 0 Å². The first-order chi connectivity index (χ1) is 14.5. The zero-order valence-corrected chi connectivity index (χ0v) is 17.0. The average Bonchev–Trinajstić information content (AvgIpc) is 3.24. The van der Waals surface area contributed by atoms with Crippen molar-refractivity contribution in [1.82, 2.24) is 19.9 Å². The lowest BCUT2D eigenvalue weighted by atomic mass is 10.1. The Balaban J connectivity index is 1.67. The topological polar surface area (TPSA) is 71.0 Å². The number of nitrogens with zero attached hydrogens (tertiary/aromatic N) is 4. The lowest BCUT2D eigenvalue weighted by molar-refractivity contribution is -0.133. The van der Waals surface area contributed by atoms with E-state index in [-0.39, 0.29) is 23.6 Å². The summed E-state index contributed by atoms with van der Waals surface area (Å²) < 4.78 is 13.6. The van der Waals surface area contributed by atoms with Gasteiger partial charge in [-0.3, -0.25) is 9.78 Å². The highest BCUT2D eigenvalue weighted by molar-refractivity contribution is 5.78. The minimum atomic E-state index is -0.317. The molecule has 1 aliphatic heterocycles. The van der Waals surface area contributed by atoms with Gasteiger partial charge in [0.05, 0.1) is 5.69 Å². The third-order valence-electron chi connectivity index (χ3n) is 5.18. The average molecular weight is 405 g/mol. The fraction of sp³-hybridized carbons (Fsp3) is 0.304. The van der Waals surface area contributed by atoms with Gasteiger partial charge in [0.1, 0.15) is 17.5 Å². The molecule has 1 atom stereocenters. The maximum atomic E-state index is 13.6. The molecule has 1 amide bonds. The van der Waals surface area contributed by atoms with E-state index in [1.807, 2.05) is 36.9 Å². The van der Waals surface area contributed by atoms with Gasteiger partial charge >= 0.3 is 0 Å². The summed E-state index contributed by atoms with van der Waals surface area (Å²) in [7, 11) is 0. The third kappa shape index (κ3) is 4.45. The smallest absolute Gasteiger partial charge is 0.225 e. The van der Waals surface area contributed by atoms with Gasteiger partial charge in [-0.1, -0.05) is 19.9 Å². The van der Waals surface area contributed by atoms with Crippen LogP contribution in [0.15, 0.2) is 54.9 Å². The molecule has 1 unspecified atom stereocenters. The van der Waals surface area contributed by atoms with Crippen LogP contribution in [0.2, 0.25) is 0 Å². The molecule has 1 aromatic carbocycles. The molecule has 6 nitrogen and oxygen atoms in total. The predicted molar refractivity (Wildman–Crippen MR) is 114 cm³/mol. The lowest BCUT2D eigenvalue weighted by Gasteiger charge is -2.19. The van der Waals surface area contributed by atoms with Gasteiger partial charge in [0, 0.05) is 54.6 Å². The van der Waals surface area contributed by atoms with Crippen LogP contribution in [0.4, 0.5) is 15.9 Å². The summed E-state index contributed by atoms with van der Waals surface area (Å²) in [5.74, 6) is 1.14. The molecule has 30 heavy (non-hydrogen) atoms. The van der Waals surface area contributed by atoms with Crippen LogP contribution < -0.4 is 5.32 Å². The zero-order valence-electron chi connectivity index (χ0n) is 17.0. The largest absolute Gasteiger partial charge is 0.342 e. The minimum absolute atomic E-state index is 0.0296. The number of halogens is 1. The maximum Gasteiger partial charge on any atom is 0.225 e. The molecule has 2 aromatic heterocycles. The van der Waals surface area contributed by atoms with Gasteiger partial charge in [0.2, 0.25) is 5.91 Å². The van der Waals surface area contributed by atoms with Gasteiger partial charge in [0.25, 0.3) is 0 Å². The Labute approximate surface area is 175 Å². The van der Waals surface area contributed by atoms with Gasteiger partial charge in [-0.2, -0.15) is 0 Å². The molecule has 0 spiro atoms. The molecule has 1 fully saturated rings. The van der Waals surface area contributed by atoms with E-state index in [9.17, 15) is 9.18 Å². The normalized spacial score (nSPS) is 16.1. The highest BCUT2D eigenvalue weighted by Gasteiger charge is 2.30. The predicted octanol–water partition coefficient (Wildman–Crippen LogP) is 4.39. The first kappa shape index (κ1) is 19.9. The monoisotopic (exact) mass is 405 g/mol. The number of hydrogen-bond donors (Lipinski definition) is 1. The summed E-state index contributed by atoms with van der Waals surface area (Å²) in [6.45, 7) is 5.14. The van der Waals surface area contributed by atoms with E-state index in [0.717, 1.165) is 17.7 Å². The summed E-state index contributed by atoms with van der Waals surface area (Å²) in [6.07, 6.45) is 4.25. The number of carbonyl (C=O) groups is 1. The summed E-state index contributed by atoms with van der Waals surface area (Å²) in [5.41, 5.74) is 2.29. The quantitative estimate of drug-likeness (QED) is 0.682. The number of nitrogens with one attached hydrogen (secondary N) is 1. The van der Waals surface area contributed by atoms with Crippen molar-refractivity contribution >= 4 is 17.4 Å². The molecule has 7 heteroatoms. The fourth-order valence-corrected chi connectivity index (χ4v) is 3.63. The standard InChI is InChI=1S/C23H24FN5O/c1-15(2)23(30)29-11-8-17(14-29)22-27-20(16-6-9-25-10-7-16)13-21(28-22)26-19-5-3-4-18(24)12-19/h3-7,9-10,12-13,15,17H,8,11,14H2,1-2H3,(H,26,27,28).